The number of rotatable bonds is 9. The SMILES string of the molecule is CCNC(=O)[C@H](C)N(Cc1ccccc1Cl)C(=O)COc1ccccc1OC. The highest BCUT2D eigenvalue weighted by molar-refractivity contribution is 6.31. The number of carbonyl (C=O) groups excluding carboxylic acids is 2. The molecule has 0 aliphatic heterocycles. The molecule has 2 aromatic carbocycles. The monoisotopic (exact) mass is 404 g/mol. The maximum Gasteiger partial charge on any atom is 0.261 e. The van der Waals surface area contributed by atoms with Crippen molar-refractivity contribution >= 4 is 23.4 Å². The molecule has 7 heteroatoms. The van der Waals surface area contributed by atoms with Crippen LogP contribution in [0.25, 0.3) is 0 Å². The molecule has 0 aromatic heterocycles. The van der Waals surface area contributed by atoms with Crippen molar-refractivity contribution in [3.8, 4) is 11.5 Å². The fraction of sp³-hybridized carbons (Fsp3) is 0.333. The van der Waals surface area contributed by atoms with Crippen LogP contribution in [0.5, 0.6) is 11.5 Å². The molecule has 2 amide bonds. The Morgan fingerprint density at radius 2 is 1.75 bits per heavy atom. The van der Waals surface area contributed by atoms with Crippen molar-refractivity contribution in [3.63, 3.8) is 0 Å². The van der Waals surface area contributed by atoms with Gasteiger partial charge in [0.25, 0.3) is 5.91 Å². The summed E-state index contributed by atoms with van der Waals surface area (Å²) in [5.74, 6) is 0.427. The zero-order valence-corrected chi connectivity index (χ0v) is 17.0. The highest BCUT2D eigenvalue weighted by Gasteiger charge is 2.27. The number of nitrogens with zero attached hydrogens (tertiary/aromatic N) is 1. The lowest BCUT2D eigenvalue weighted by atomic mass is 10.1. The smallest absolute Gasteiger partial charge is 0.261 e. The number of amides is 2. The van der Waals surface area contributed by atoms with Crippen molar-refractivity contribution in [1.82, 2.24) is 10.2 Å². The van der Waals surface area contributed by atoms with Crippen molar-refractivity contribution in [3.05, 3.63) is 59.1 Å². The largest absolute Gasteiger partial charge is 0.493 e. The molecular formula is C21H25ClN2O4. The van der Waals surface area contributed by atoms with E-state index in [0.717, 1.165) is 5.56 Å². The standard InChI is InChI=1S/C21H25ClN2O4/c1-4-23-21(26)15(2)24(13-16-9-5-6-10-17(16)22)20(25)14-28-19-12-8-7-11-18(19)27-3/h5-12,15H,4,13-14H2,1-3H3,(H,23,26)/t15-/m0/s1. The van der Waals surface area contributed by atoms with Gasteiger partial charge in [-0.2, -0.15) is 0 Å². The number of halogens is 1. The fourth-order valence-electron chi connectivity index (χ4n) is 2.68. The molecule has 0 aliphatic rings. The van der Waals surface area contributed by atoms with Gasteiger partial charge in [-0.1, -0.05) is 41.9 Å². The molecule has 1 atom stereocenters. The van der Waals surface area contributed by atoms with Crippen molar-refractivity contribution in [2.75, 3.05) is 20.3 Å². The molecule has 0 radical (unpaired) electrons. The maximum absolute atomic E-state index is 12.9. The van der Waals surface area contributed by atoms with Crippen LogP contribution in [0.3, 0.4) is 0 Å². The quantitative estimate of drug-likeness (QED) is 0.696. The van der Waals surface area contributed by atoms with E-state index in [1.54, 1.807) is 31.2 Å². The van der Waals surface area contributed by atoms with Crippen LogP contribution in [0.15, 0.2) is 48.5 Å². The first-order valence-corrected chi connectivity index (χ1v) is 9.42. The van der Waals surface area contributed by atoms with Gasteiger partial charge in [-0.15, -0.1) is 0 Å². The molecule has 6 nitrogen and oxygen atoms in total. The Kier molecular flexibility index (Phi) is 8.14. The molecule has 0 fully saturated rings. The Labute approximate surface area is 170 Å². The minimum absolute atomic E-state index is 0.200. The van der Waals surface area contributed by atoms with E-state index in [2.05, 4.69) is 5.32 Å². The normalized spacial score (nSPS) is 11.4. The van der Waals surface area contributed by atoms with Crippen LogP contribution in [-0.4, -0.2) is 43.0 Å². The van der Waals surface area contributed by atoms with Crippen molar-refractivity contribution in [2.45, 2.75) is 26.4 Å². The second-order valence-corrected chi connectivity index (χ2v) is 6.53. The van der Waals surface area contributed by atoms with Crippen molar-refractivity contribution in [2.24, 2.45) is 0 Å². The molecule has 0 aliphatic carbocycles. The molecule has 0 heterocycles. The van der Waals surface area contributed by atoms with Gasteiger partial charge in [0.1, 0.15) is 6.04 Å². The lowest BCUT2D eigenvalue weighted by Crippen LogP contribution is -2.49. The highest BCUT2D eigenvalue weighted by atomic mass is 35.5. The van der Waals surface area contributed by atoms with E-state index < -0.39 is 6.04 Å². The Morgan fingerprint density at radius 3 is 2.39 bits per heavy atom. The van der Waals surface area contributed by atoms with Crippen LogP contribution in [0.4, 0.5) is 0 Å². The second-order valence-electron chi connectivity index (χ2n) is 6.12. The molecular weight excluding hydrogens is 380 g/mol. The van der Waals surface area contributed by atoms with Crippen LogP contribution in [0, 0.1) is 0 Å². The average Bonchev–Trinajstić information content (AvgIpc) is 2.71. The third kappa shape index (κ3) is 5.63. The summed E-state index contributed by atoms with van der Waals surface area (Å²) in [4.78, 5) is 26.7. The van der Waals surface area contributed by atoms with Gasteiger partial charge in [-0.25, -0.2) is 0 Å². The van der Waals surface area contributed by atoms with Crippen molar-refractivity contribution in [1.29, 1.82) is 0 Å². The van der Waals surface area contributed by atoms with Crippen LogP contribution in [0.2, 0.25) is 5.02 Å². The van der Waals surface area contributed by atoms with E-state index in [-0.39, 0.29) is 25.0 Å². The fourth-order valence-corrected chi connectivity index (χ4v) is 2.87. The minimum Gasteiger partial charge on any atom is -0.493 e. The number of methoxy groups -OCH3 is 1. The van der Waals surface area contributed by atoms with E-state index >= 15 is 0 Å². The summed E-state index contributed by atoms with van der Waals surface area (Å²) in [5, 5.41) is 3.28. The van der Waals surface area contributed by atoms with Crippen LogP contribution in [-0.2, 0) is 16.1 Å². The van der Waals surface area contributed by atoms with Gasteiger partial charge in [0.05, 0.1) is 7.11 Å². The summed E-state index contributed by atoms with van der Waals surface area (Å²) in [6, 6.07) is 13.6. The molecule has 0 spiro atoms. The number of hydrogen-bond donors (Lipinski definition) is 1. The maximum atomic E-state index is 12.9. The Bertz CT molecular complexity index is 812. The lowest BCUT2D eigenvalue weighted by Gasteiger charge is -2.29. The third-order valence-electron chi connectivity index (χ3n) is 4.24. The van der Waals surface area contributed by atoms with Crippen LogP contribution in [0.1, 0.15) is 19.4 Å². The summed E-state index contributed by atoms with van der Waals surface area (Å²) in [5.41, 5.74) is 0.756. The molecule has 0 saturated heterocycles. The molecule has 2 rings (SSSR count). The average molecular weight is 405 g/mol. The number of nitrogens with one attached hydrogen (secondary N) is 1. The summed E-state index contributed by atoms with van der Waals surface area (Å²) >= 11 is 6.24. The minimum atomic E-state index is -0.676. The second kappa shape index (κ2) is 10.6. The van der Waals surface area contributed by atoms with E-state index in [4.69, 9.17) is 21.1 Å². The summed E-state index contributed by atoms with van der Waals surface area (Å²) in [6.45, 7) is 3.97. The first kappa shape index (κ1) is 21.6. The molecule has 0 bridgehead atoms. The molecule has 150 valence electrons. The topological polar surface area (TPSA) is 67.9 Å². The first-order valence-electron chi connectivity index (χ1n) is 9.04. The van der Waals surface area contributed by atoms with E-state index in [1.807, 2.05) is 31.2 Å². The lowest BCUT2D eigenvalue weighted by molar-refractivity contribution is -0.142. The predicted molar refractivity (Wildman–Crippen MR) is 109 cm³/mol. The predicted octanol–water partition coefficient (Wildman–Crippen LogP) is 3.28. The summed E-state index contributed by atoms with van der Waals surface area (Å²) in [6.07, 6.45) is 0. The van der Waals surface area contributed by atoms with Gasteiger partial charge in [0.15, 0.2) is 18.1 Å². The molecule has 28 heavy (non-hydrogen) atoms. The number of likely N-dealkylation sites (N-methyl/N-ethyl adjacent to an activating group) is 1. The summed E-state index contributed by atoms with van der Waals surface area (Å²) < 4.78 is 10.9. The number of hydrogen-bond acceptors (Lipinski definition) is 4. The molecule has 1 N–H and O–H groups in total. The zero-order chi connectivity index (χ0) is 20.5. The van der Waals surface area contributed by atoms with Gasteiger partial charge in [0.2, 0.25) is 5.91 Å². The van der Waals surface area contributed by atoms with Gasteiger partial charge >= 0.3 is 0 Å². The van der Waals surface area contributed by atoms with Gasteiger partial charge in [0, 0.05) is 18.1 Å². The zero-order valence-electron chi connectivity index (χ0n) is 16.3. The van der Waals surface area contributed by atoms with Crippen LogP contribution >= 0.6 is 11.6 Å². The Balaban J connectivity index is 2.18. The highest BCUT2D eigenvalue weighted by Crippen LogP contribution is 2.26. The number of benzene rings is 2. The summed E-state index contributed by atoms with van der Waals surface area (Å²) in [7, 11) is 1.53. The first-order chi connectivity index (χ1) is 13.5. The Morgan fingerprint density at radius 1 is 1.11 bits per heavy atom. The molecule has 0 unspecified atom stereocenters. The number of carbonyl (C=O) groups is 2. The van der Waals surface area contributed by atoms with E-state index in [0.29, 0.717) is 23.1 Å². The molecule has 2 aromatic rings. The number of ether oxygens (including phenoxy) is 2. The third-order valence-corrected chi connectivity index (χ3v) is 4.61. The van der Waals surface area contributed by atoms with E-state index in [1.165, 1.54) is 12.0 Å². The van der Waals surface area contributed by atoms with Gasteiger partial charge < -0.3 is 19.7 Å². The van der Waals surface area contributed by atoms with Gasteiger partial charge in [-0.05, 0) is 37.6 Å². The Hall–Kier alpha value is -2.73. The van der Waals surface area contributed by atoms with E-state index in [9.17, 15) is 9.59 Å². The van der Waals surface area contributed by atoms with Crippen LogP contribution < -0.4 is 14.8 Å². The van der Waals surface area contributed by atoms with Crippen molar-refractivity contribution < 1.29 is 19.1 Å². The van der Waals surface area contributed by atoms with Gasteiger partial charge in [-0.3, -0.25) is 9.59 Å². The molecule has 0 saturated carbocycles. The number of para-hydroxylation sites is 2.